The van der Waals surface area contributed by atoms with E-state index in [1.165, 1.54) is 11.6 Å². The van der Waals surface area contributed by atoms with Gasteiger partial charge in [-0.05, 0) is 45.0 Å². The van der Waals surface area contributed by atoms with Crippen molar-refractivity contribution in [3.63, 3.8) is 0 Å². The first kappa shape index (κ1) is 26.9. The average molecular weight is 528 g/mol. The quantitative estimate of drug-likeness (QED) is 0.349. The number of thiocarbonyl (C=S) groups is 1. The molecule has 1 fully saturated rings. The molecule has 1 aliphatic heterocycles. The molecule has 11 heteroatoms. The molecule has 1 aliphatic rings. The van der Waals surface area contributed by atoms with E-state index in [1.807, 2.05) is 43.5 Å². The third-order valence-electron chi connectivity index (χ3n) is 6.65. The van der Waals surface area contributed by atoms with Crippen molar-refractivity contribution in [2.45, 2.75) is 39.8 Å². The summed E-state index contributed by atoms with van der Waals surface area (Å²) in [5.41, 5.74) is 2.33. The zero-order valence-electron chi connectivity index (χ0n) is 22.4. The molecule has 4 rings (SSSR count). The first-order valence-electron chi connectivity index (χ1n) is 12.8. The zero-order valence-corrected chi connectivity index (χ0v) is 23.2. The summed E-state index contributed by atoms with van der Waals surface area (Å²) in [6, 6.07) is 8.21. The summed E-state index contributed by atoms with van der Waals surface area (Å²) in [7, 11) is 3.17. The largest absolute Gasteiger partial charge is 0.379 e. The van der Waals surface area contributed by atoms with E-state index in [4.69, 9.17) is 21.9 Å². The molecule has 1 saturated heterocycles. The number of aromatic nitrogens is 4. The number of hydrogen-bond acceptors (Lipinski definition) is 6. The summed E-state index contributed by atoms with van der Waals surface area (Å²) in [6.45, 7) is 10.9. The predicted molar refractivity (Wildman–Crippen MR) is 151 cm³/mol. The van der Waals surface area contributed by atoms with E-state index < -0.39 is 0 Å². The lowest BCUT2D eigenvalue weighted by atomic mass is 10.1. The molecule has 37 heavy (non-hydrogen) atoms. The Morgan fingerprint density at radius 2 is 1.86 bits per heavy atom. The van der Waals surface area contributed by atoms with Gasteiger partial charge in [-0.1, -0.05) is 29.8 Å². The van der Waals surface area contributed by atoms with Gasteiger partial charge in [0.1, 0.15) is 0 Å². The highest BCUT2D eigenvalue weighted by Crippen LogP contribution is 2.23. The number of nitrogens with one attached hydrogen (secondary N) is 1. The highest BCUT2D eigenvalue weighted by atomic mass is 32.1. The molecule has 0 bridgehead atoms. The number of ether oxygens (including phenoxy) is 1. The van der Waals surface area contributed by atoms with E-state index in [9.17, 15) is 9.59 Å². The molecule has 0 radical (unpaired) electrons. The van der Waals surface area contributed by atoms with E-state index in [-0.39, 0.29) is 17.4 Å². The van der Waals surface area contributed by atoms with Gasteiger partial charge in [-0.15, -0.1) is 0 Å². The van der Waals surface area contributed by atoms with Crippen LogP contribution in [0.1, 0.15) is 31.4 Å². The van der Waals surface area contributed by atoms with E-state index in [0.29, 0.717) is 43.4 Å². The molecule has 0 spiro atoms. The molecule has 0 amide bonds. The predicted octanol–water partition coefficient (Wildman–Crippen LogP) is 1.60. The number of anilines is 1. The van der Waals surface area contributed by atoms with Crippen LogP contribution in [0, 0.1) is 6.92 Å². The second-order valence-corrected chi connectivity index (χ2v) is 10.2. The van der Waals surface area contributed by atoms with E-state index >= 15 is 0 Å². The maximum absolute atomic E-state index is 13.2. The number of benzene rings is 1. The molecule has 1 aromatic carbocycles. The average Bonchev–Trinajstić information content (AvgIpc) is 3.25. The molecular weight excluding hydrogens is 490 g/mol. The second kappa shape index (κ2) is 11.5. The lowest BCUT2D eigenvalue weighted by Gasteiger charge is -2.36. The third-order valence-corrected chi connectivity index (χ3v) is 7.05. The standard InChI is InChI=1S/C26H37N7O3S/c1-18(2)36-15-7-10-27-25(37)32-13-11-31(12-14-32)24-28-22-21(23(34)30(5)26(35)29(22)4)33(24)17-20-9-6-8-19(3)16-20/h6,8-9,16,18H,7,10-15,17H2,1-5H3,(H,27,37). The number of imidazole rings is 1. The van der Waals surface area contributed by atoms with Gasteiger partial charge < -0.3 is 19.9 Å². The van der Waals surface area contributed by atoms with Gasteiger partial charge in [-0.2, -0.15) is 4.98 Å². The van der Waals surface area contributed by atoms with E-state index in [2.05, 4.69) is 21.2 Å². The second-order valence-electron chi connectivity index (χ2n) is 9.84. The van der Waals surface area contributed by atoms with Crippen molar-refractivity contribution in [2.24, 2.45) is 14.1 Å². The van der Waals surface area contributed by atoms with Crippen LogP contribution in [0.5, 0.6) is 0 Å². The smallest absolute Gasteiger partial charge is 0.332 e. The van der Waals surface area contributed by atoms with Crippen molar-refractivity contribution in [3.05, 3.63) is 56.2 Å². The minimum absolute atomic E-state index is 0.234. The van der Waals surface area contributed by atoms with Crippen LogP contribution in [-0.4, -0.2) is 74.1 Å². The summed E-state index contributed by atoms with van der Waals surface area (Å²) in [5, 5.41) is 4.08. The van der Waals surface area contributed by atoms with Crippen LogP contribution in [0.2, 0.25) is 0 Å². The van der Waals surface area contributed by atoms with Gasteiger partial charge in [0.15, 0.2) is 16.3 Å². The number of piperazine rings is 1. The van der Waals surface area contributed by atoms with Crippen LogP contribution < -0.4 is 21.5 Å². The molecule has 0 unspecified atom stereocenters. The van der Waals surface area contributed by atoms with Crippen LogP contribution in [0.25, 0.3) is 11.2 Å². The number of aryl methyl sites for hydroxylation is 2. The normalized spacial score (nSPS) is 14.1. The van der Waals surface area contributed by atoms with Crippen molar-refractivity contribution < 1.29 is 4.74 Å². The Morgan fingerprint density at radius 3 is 2.54 bits per heavy atom. The Balaban J connectivity index is 1.55. The molecular formula is C26H37N7O3S. The molecule has 0 atom stereocenters. The fraction of sp³-hybridized carbons (Fsp3) is 0.538. The molecule has 200 valence electrons. The number of fused-ring (bicyclic) bond motifs is 1. The monoisotopic (exact) mass is 527 g/mol. The topological polar surface area (TPSA) is 89.6 Å². The van der Waals surface area contributed by atoms with Crippen LogP contribution in [0.4, 0.5) is 5.95 Å². The first-order chi connectivity index (χ1) is 17.7. The van der Waals surface area contributed by atoms with Crippen LogP contribution in [0.15, 0.2) is 33.9 Å². The minimum atomic E-state index is -0.385. The van der Waals surface area contributed by atoms with Crippen molar-refractivity contribution in [1.82, 2.24) is 28.9 Å². The molecule has 3 aromatic rings. The minimum Gasteiger partial charge on any atom is -0.379 e. The maximum atomic E-state index is 13.2. The Labute approximate surface area is 222 Å². The molecule has 1 N–H and O–H groups in total. The van der Waals surface area contributed by atoms with Gasteiger partial charge in [-0.3, -0.25) is 18.5 Å². The molecule has 3 heterocycles. The summed E-state index contributed by atoms with van der Waals surface area (Å²) < 4.78 is 10.1. The van der Waals surface area contributed by atoms with Crippen molar-refractivity contribution in [1.29, 1.82) is 0 Å². The summed E-state index contributed by atoms with van der Waals surface area (Å²) in [6.07, 6.45) is 1.13. The number of rotatable bonds is 8. The molecule has 2 aromatic heterocycles. The summed E-state index contributed by atoms with van der Waals surface area (Å²) >= 11 is 5.62. The van der Waals surface area contributed by atoms with Gasteiger partial charge >= 0.3 is 5.69 Å². The number of hydrogen-bond donors (Lipinski definition) is 1. The van der Waals surface area contributed by atoms with E-state index in [1.54, 1.807) is 7.05 Å². The third kappa shape index (κ3) is 5.88. The summed E-state index contributed by atoms with van der Waals surface area (Å²) in [4.78, 5) is 35.0. The van der Waals surface area contributed by atoms with Crippen LogP contribution in [-0.2, 0) is 25.4 Å². The van der Waals surface area contributed by atoms with Crippen LogP contribution in [0.3, 0.4) is 0 Å². The van der Waals surface area contributed by atoms with E-state index in [0.717, 1.165) is 46.9 Å². The number of nitrogens with zero attached hydrogens (tertiary/aromatic N) is 6. The Hall–Kier alpha value is -3.18. The van der Waals surface area contributed by atoms with Crippen molar-refractivity contribution in [3.8, 4) is 0 Å². The Bertz CT molecular complexity index is 1380. The van der Waals surface area contributed by atoms with Gasteiger partial charge in [-0.25, -0.2) is 4.79 Å². The van der Waals surface area contributed by atoms with Crippen molar-refractivity contribution >= 4 is 34.4 Å². The molecule has 0 saturated carbocycles. The Morgan fingerprint density at radius 1 is 1.14 bits per heavy atom. The van der Waals surface area contributed by atoms with Gasteiger partial charge in [0.25, 0.3) is 5.56 Å². The van der Waals surface area contributed by atoms with Crippen molar-refractivity contribution in [2.75, 3.05) is 44.2 Å². The lowest BCUT2D eigenvalue weighted by molar-refractivity contribution is 0.0776. The first-order valence-corrected chi connectivity index (χ1v) is 13.2. The van der Waals surface area contributed by atoms with Gasteiger partial charge in [0.05, 0.1) is 12.6 Å². The van der Waals surface area contributed by atoms with Gasteiger partial charge in [0, 0.05) is 53.4 Å². The molecule has 10 nitrogen and oxygen atoms in total. The zero-order chi connectivity index (χ0) is 26.7. The summed E-state index contributed by atoms with van der Waals surface area (Å²) in [5.74, 6) is 0.694. The fourth-order valence-electron chi connectivity index (χ4n) is 4.63. The fourth-order valence-corrected chi connectivity index (χ4v) is 4.91. The Kier molecular flexibility index (Phi) is 8.33. The lowest BCUT2D eigenvalue weighted by Crippen LogP contribution is -2.52. The molecule has 0 aliphatic carbocycles. The highest BCUT2D eigenvalue weighted by Gasteiger charge is 2.26. The van der Waals surface area contributed by atoms with Gasteiger partial charge in [0.2, 0.25) is 5.95 Å². The highest BCUT2D eigenvalue weighted by molar-refractivity contribution is 7.80. The SMILES string of the molecule is Cc1cccc(Cn2c(N3CCN(C(=S)NCCCOC(C)C)CC3)nc3c2c(=O)n(C)c(=O)n3C)c1. The van der Waals surface area contributed by atoms with Crippen LogP contribution >= 0.6 is 12.2 Å². The maximum Gasteiger partial charge on any atom is 0.332 e.